The molecule has 0 saturated carbocycles. The topological polar surface area (TPSA) is 113 Å². The molecule has 6 nitrogen and oxygen atoms in total. The molecule has 0 unspecified atom stereocenters. The minimum Gasteiger partial charge on any atom is -0.398 e. The molecule has 108 valence electrons. The highest BCUT2D eigenvalue weighted by atomic mass is 32.2. The Morgan fingerprint density at radius 2 is 1.79 bits per heavy atom. The SMILES string of the molecule is Cc1ccc(N)c(C)c1S(=O)(=O)NC(C)(CO)CO. The number of nitrogens with two attached hydrogens (primary N) is 1. The van der Waals surface area contributed by atoms with Crippen LogP contribution in [0, 0.1) is 13.8 Å². The van der Waals surface area contributed by atoms with Gasteiger partial charge in [-0.25, -0.2) is 13.1 Å². The fourth-order valence-electron chi connectivity index (χ4n) is 1.75. The van der Waals surface area contributed by atoms with Crippen LogP contribution >= 0.6 is 0 Å². The van der Waals surface area contributed by atoms with Gasteiger partial charge >= 0.3 is 0 Å². The maximum absolute atomic E-state index is 12.4. The van der Waals surface area contributed by atoms with Crippen LogP contribution in [0.1, 0.15) is 18.1 Å². The first kappa shape index (κ1) is 15.9. The molecule has 0 aliphatic heterocycles. The predicted molar refractivity (Wildman–Crippen MR) is 73.2 cm³/mol. The van der Waals surface area contributed by atoms with Crippen LogP contribution in [-0.2, 0) is 10.0 Å². The van der Waals surface area contributed by atoms with E-state index in [1.54, 1.807) is 26.0 Å². The van der Waals surface area contributed by atoms with Gasteiger partial charge in [0.2, 0.25) is 10.0 Å². The molecule has 0 radical (unpaired) electrons. The van der Waals surface area contributed by atoms with Gasteiger partial charge in [-0.2, -0.15) is 0 Å². The molecule has 7 heteroatoms. The molecule has 0 saturated heterocycles. The molecule has 0 atom stereocenters. The highest BCUT2D eigenvalue weighted by Gasteiger charge is 2.31. The summed E-state index contributed by atoms with van der Waals surface area (Å²) in [5.74, 6) is 0. The molecule has 0 heterocycles. The summed E-state index contributed by atoms with van der Waals surface area (Å²) < 4.78 is 27.1. The second-order valence-electron chi connectivity index (χ2n) is 4.91. The van der Waals surface area contributed by atoms with Crippen LogP contribution in [0.25, 0.3) is 0 Å². The Morgan fingerprint density at radius 1 is 1.26 bits per heavy atom. The van der Waals surface area contributed by atoms with Crippen molar-refractivity contribution in [1.82, 2.24) is 4.72 Å². The van der Waals surface area contributed by atoms with Gasteiger partial charge in [-0.05, 0) is 38.0 Å². The maximum Gasteiger partial charge on any atom is 0.241 e. The minimum atomic E-state index is -3.88. The van der Waals surface area contributed by atoms with Crippen LogP contribution < -0.4 is 10.5 Å². The summed E-state index contributed by atoms with van der Waals surface area (Å²) in [6, 6.07) is 3.26. The number of benzene rings is 1. The standard InChI is InChI=1S/C12H20N2O4S/c1-8-4-5-10(13)9(2)11(8)19(17,18)14-12(3,6-15)7-16/h4-5,14-16H,6-7,13H2,1-3H3. The lowest BCUT2D eigenvalue weighted by atomic mass is 10.1. The number of aliphatic hydroxyl groups excluding tert-OH is 2. The molecule has 0 spiro atoms. The molecule has 1 rings (SSSR count). The fourth-order valence-corrected chi connectivity index (χ4v) is 3.64. The van der Waals surface area contributed by atoms with E-state index >= 15 is 0 Å². The second-order valence-corrected chi connectivity index (χ2v) is 6.53. The number of hydrogen-bond donors (Lipinski definition) is 4. The van der Waals surface area contributed by atoms with E-state index in [9.17, 15) is 18.6 Å². The third-order valence-electron chi connectivity index (χ3n) is 2.99. The number of anilines is 1. The van der Waals surface area contributed by atoms with Gasteiger partial charge in [-0.15, -0.1) is 0 Å². The number of rotatable bonds is 5. The molecule has 19 heavy (non-hydrogen) atoms. The maximum atomic E-state index is 12.4. The number of hydrogen-bond acceptors (Lipinski definition) is 5. The van der Waals surface area contributed by atoms with Crippen molar-refractivity contribution in [1.29, 1.82) is 0 Å². The first-order valence-electron chi connectivity index (χ1n) is 5.78. The van der Waals surface area contributed by atoms with Crippen LogP contribution in [0.15, 0.2) is 17.0 Å². The zero-order valence-electron chi connectivity index (χ0n) is 11.3. The van der Waals surface area contributed by atoms with Gasteiger partial charge in [-0.1, -0.05) is 6.07 Å². The lowest BCUT2D eigenvalue weighted by Gasteiger charge is -2.26. The summed E-state index contributed by atoms with van der Waals surface area (Å²) in [7, 11) is -3.88. The highest BCUT2D eigenvalue weighted by Crippen LogP contribution is 2.25. The summed E-state index contributed by atoms with van der Waals surface area (Å²) in [5.41, 5.74) is 5.79. The predicted octanol–water partition coefficient (Wildman–Crippen LogP) is -0.0928. The lowest BCUT2D eigenvalue weighted by molar-refractivity contribution is 0.121. The molecule has 0 aliphatic carbocycles. The molecule has 1 aromatic rings. The van der Waals surface area contributed by atoms with Gasteiger partial charge < -0.3 is 15.9 Å². The molecule has 0 aliphatic rings. The Labute approximate surface area is 113 Å². The molecule has 0 fully saturated rings. The number of aliphatic hydroxyl groups is 2. The smallest absolute Gasteiger partial charge is 0.241 e. The van der Waals surface area contributed by atoms with Crippen molar-refractivity contribution in [3.05, 3.63) is 23.3 Å². The Hall–Kier alpha value is -1.15. The Morgan fingerprint density at radius 3 is 2.26 bits per heavy atom. The quantitative estimate of drug-likeness (QED) is 0.566. The van der Waals surface area contributed by atoms with Gasteiger partial charge in [0.05, 0.1) is 23.6 Å². The molecule has 0 bridgehead atoms. The molecule has 0 amide bonds. The number of sulfonamides is 1. The van der Waals surface area contributed by atoms with Crippen molar-refractivity contribution in [2.45, 2.75) is 31.2 Å². The van der Waals surface area contributed by atoms with Crippen molar-refractivity contribution in [2.24, 2.45) is 0 Å². The summed E-state index contributed by atoms with van der Waals surface area (Å²) >= 11 is 0. The Balaban J connectivity index is 3.33. The van der Waals surface area contributed by atoms with E-state index in [4.69, 9.17) is 5.73 Å². The number of nitrogens with one attached hydrogen (secondary N) is 1. The van der Waals surface area contributed by atoms with Crippen molar-refractivity contribution in [3.63, 3.8) is 0 Å². The van der Waals surface area contributed by atoms with Crippen LogP contribution in [0.3, 0.4) is 0 Å². The van der Waals surface area contributed by atoms with E-state index in [2.05, 4.69) is 4.72 Å². The summed E-state index contributed by atoms with van der Waals surface area (Å²) in [4.78, 5) is 0.0839. The Bertz CT molecular complexity index is 565. The third-order valence-corrected chi connectivity index (χ3v) is 4.92. The summed E-state index contributed by atoms with van der Waals surface area (Å²) in [6.07, 6.45) is 0. The molecule has 5 N–H and O–H groups in total. The van der Waals surface area contributed by atoms with Crippen molar-refractivity contribution < 1.29 is 18.6 Å². The van der Waals surface area contributed by atoms with Crippen molar-refractivity contribution >= 4 is 15.7 Å². The molecular formula is C12H20N2O4S. The molecule has 1 aromatic carbocycles. The first-order chi connectivity index (χ1) is 8.67. The van der Waals surface area contributed by atoms with Gasteiger partial charge in [0.15, 0.2) is 0 Å². The number of aryl methyl sites for hydroxylation is 1. The molecule has 0 aromatic heterocycles. The zero-order chi connectivity index (χ0) is 14.8. The lowest BCUT2D eigenvalue weighted by Crippen LogP contribution is -2.51. The normalized spacial score (nSPS) is 12.7. The summed E-state index contributed by atoms with van der Waals surface area (Å²) in [5, 5.41) is 18.4. The second kappa shape index (κ2) is 5.46. The van der Waals surface area contributed by atoms with Gasteiger partial charge in [0.25, 0.3) is 0 Å². The van der Waals surface area contributed by atoms with E-state index < -0.39 is 28.8 Å². The fraction of sp³-hybridized carbons (Fsp3) is 0.500. The van der Waals surface area contributed by atoms with Crippen LogP contribution in [0.4, 0.5) is 5.69 Å². The van der Waals surface area contributed by atoms with E-state index in [-0.39, 0.29) is 4.90 Å². The number of nitrogen functional groups attached to an aromatic ring is 1. The highest BCUT2D eigenvalue weighted by molar-refractivity contribution is 7.89. The van der Waals surface area contributed by atoms with Gasteiger partial charge in [0.1, 0.15) is 0 Å². The van der Waals surface area contributed by atoms with Crippen molar-refractivity contribution in [2.75, 3.05) is 18.9 Å². The zero-order valence-corrected chi connectivity index (χ0v) is 12.1. The minimum absolute atomic E-state index is 0.0839. The van der Waals surface area contributed by atoms with Crippen LogP contribution in [-0.4, -0.2) is 37.4 Å². The molecular weight excluding hydrogens is 268 g/mol. The van der Waals surface area contributed by atoms with E-state index in [1.165, 1.54) is 6.92 Å². The van der Waals surface area contributed by atoms with Gasteiger partial charge in [-0.3, -0.25) is 0 Å². The average molecular weight is 288 g/mol. The van der Waals surface area contributed by atoms with Crippen LogP contribution in [0.2, 0.25) is 0 Å². The van der Waals surface area contributed by atoms with Crippen molar-refractivity contribution in [3.8, 4) is 0 Å². The third kappa shape index (κ3) is 3.24. The van der Waals surface area contributed by atoms with E-state index in [0.717, 1.165) is 0 Å². The van der Waals surface area contributed by atoms with E-state index in [1.807, 2.05) is 0 Å². The summed E-state index contributed by atoms with van der Waals surface area (Å²) in [6.45, 7) is 3.68. The van der Waals surface area contributed by atoms with Crippen LogP contribution in [0.5, 0.6) is 0 Å². The first-order valence-corrected chi connectivity index (χ1v) is 7.26. The Kier molecular flexibility index (Phi) is 4.57. The largest absolute Gasteiger partial charge is 0.398 e. The monoisotopic (exact) mass is 288 g/mol. The van der Waals surface area contributed by atoms with Gasteiger partial charge in [0, 0.05) is 5.69 Å². The van der Waals surface area contributed by atoms with E-state index in [0.29, 0.717) is 16.8 Å². The average Bonchev–Trinajstić information content (AvgIpc) is 2.33.